The van der Waals surface area contributed by atoms with E-state index < -0.39 is 0 Å². The lowest BCUT2D eigenvalue weighted by Gasteiger charge is -2.05. The van der Waals surface area contributed by atoms with Gasteiger partial charge in [0, 0.05) is 17.7 Å². The van der Waals surface area contributed by atoms with E-state index in [2.05, 4.69) is 31.2 Å². The minimum Gasteiger partial charge on any atom is -0.184 e. The first kappa shape index (κ1) is 10.2. The molecule has 1 heterocycles. The van der Waals surface area contributed by atoms with E-state index in [-0.39, 0.29) is 5.50 Å². The summed E-state index contributed by atoms with van der Waals surface area (Å²) in [4.78, 5) is 0. The number of alkyl halides is 1. The second-order valence-corrected chi connectivity index (χ2v) is 3.98. The normalized spacial score (nSPS) is 12.4. The lowest BCUT2D eigenvalue weighted by molar-refractivity contribution is -0.694. The third-order valence-corrected chi connectivity index (χ3v) is 2.83. The Bertz CT molecular complexity index is 422. The van der Waals surface area contributed by atoms with Crippen LogP contribution in [0, 0.1) is 6.92 Å². The first-order valence-corrected chi connectivity index (χ1v) is 5.37. The highest BCUT2D eigenvalue weighted by molar-refractivity contribution is 6.19. The number of benzene rings is 1. The molecule has 0 spiro atoms. The standard InChI is InChI=1S/C13H13ClN/c1-11-5-7-12(8-6-11)13(14)15-9-3-2-4-10-15/h2-10,13H,1H3/q+1. The molecule has 0 aliphatic carbocycles. The maximum Gasteiger partial charge on any atom is 0.258 e. The van der Waals surface area contributed by atoms with Gasteiger partial charge in [-0.25, -0.2) is 0 Å². The Morgan fingerprint density at radius 2 is 1.60 bits per heavy atom. The predicted octanol–water partition coefficient (Wildman–Crippen LogP) is 3.07. The number of nitrogens with zero attached hydrogens (tertiary/aromatic N) is 1. The maximum atomic E-state index is 6.35. The lowest BCUT2D eigenvalue weighted by Crippen LogP contribution is -2.35. The summed E-state index contributed by atoms with van der Waals surface area (Å²) >= 11 is 6.35. The average Bonchev–Trinajstić information content (AvgIpc) is 2.30. The van der Waals surface area contributed by atoms with Gasteiger partial charge < -0.3 is 0 Å². The van der Waals surface area contributed by atoms with Crippen molar-refractivity contribution < 1.29 is 4.57 Å². The molecule has 2 aromatic rings. The van der Waals surface area contributed by atoms with Gasteiger partial charge in [0.15, 0.2) is 12.4 Å². The van der Waals surface area contributed by atoms with E-state index in [1.54, 1.807) is 0 Å². The minimum atomic E-state index is -0.133. The second kappa shape index (κ2) is 4.45. The summed E-state index contributed by atoms with van der Waals surface area (Å²) in [5, 5.41) is 0. The molecule has 1 aromatic heterocycles. The zero-order chi connectivity index (χ0) is 10.7. The molecule has 2 rings (SSSR count). The van der Waals surface area contributed by atoms with Crippen molar-refractivity contribution >= 4 is 11.6 Å². The van der Waals surface area contributed by atoms with Gasteiger partial charge in [-0.3, -0.25) is 0 Å². The Kier molecular flexibility index (Phi) is 3.02. The van der Waals surface area contributed by atoms with Gasteiger partial charge in [-0.05, 0) is 18.5 Å². The van der Waals surface area contributed by atoms with E-state index in [0.717, 1.165) is 5.56 Å². The Balaban J connectivity index is 2.29. The molecule has 0 N–H and O–H groups in total. The molecule has 0 aliphatic heterocycles. The molecule has 1 nitrogen and oxygen atoms in total. The van der Waals surface area contributed by atoms with Gasteiger partial charge in [0.1, 0.15) is 0 Å². The monoisotopic (exact) mass is 218 g/mol. The summed E-state index contributed by atoms with van der Waals surface area (Å²) in [6.07, 6.45) is 3.94. The average molecular weight is 219 g/mol. The topological polar surface area (TPSA) is 3.88 Å². The van der Waals surface area contributed by atoms with Crippen LogP contribution in [0.2, 0.25) is 0 Å². The SMILES string of the molecule is Cc1ccc(C(Cl)[n+]2ccccc2)cc1. The van der Waals surface area contributed by atoms with Crippen LogP contribution in [0.4, 0.5) is 0 Å². The third kappa shape index (κ3) is 2.37. The molecular weight excluding hydrogens is 206 g/mol. The van der Waals surface area contributed by atoms with Gasteiger partial charge in [-0.2, -0.15) is 4.57 Å². The van der Waals surface area contributed by atoms with Crippen molar-refractivity contribution in [3.8, 4) is 0 Å². The van der Waals surface area contributed by atoms with Gasteiger partial charge in [0.2, 0.25) is 0 Å². The van der Waals surface area contributed by atoms with Gasteiger partial charge in [0.25, 0.3) is 5.50 Å². The van der Waals surface area contributed by atoms with Gasteiger partial charge >= 0.3 is 0 Å². The summed E-state index contributed by atoms with van der Waals surface area (Å²) in [5.74, 6) is 0. The van der Waals surface area contributed by atoms with Crippen molar-refractivity contribution in [3.63, 3.8) is 0 Å². The fourth-order valence-electron chi connectivity index (χ4n) is 1.46. The van der Waals surface area contributed by atoms with Crippen LogP contribution < -0.4 is 4.57 Å². The predicted molar refractivity (Wildman–Crippen MR) is 61.8 cm³/mol. The minimum absolute atomic E-state index is 0.133. The Labute approximate surface area is 95.0 Å². The number of aromatic nitrogens is 1. The molecule has 0 fully saturated rings. The van der Waals surface area contributed by atoms with Crippen LogP contribution in [0.25, 0.3) is 0 Å². The van der Waals surface area contributed by atoms with E-state index in [9.17, 15) is 0 Å². The molecule has 0 bridgehead atoms. The zero-order valence-corrected chi connectivity index (χ0v) is 9.35. The second-order valence-electron chi connectivity index (χ2n) is 3.57. The highest BCUT2D eigenvalue weighted by Gasteiger charge is 2.15. The number of pyridine rings is 1. The maximum absolute atomic E-state index is 6.35. The van der Waals surface area contributed by atoms with Gasteiger partial charge in [-0.15, -0.1) is 0 Å². The molecule has 0 saturated carbocycles. The summed E-state index contributed by atoms with van der Waals surface area (Å²) < 4.78 is 1.98. The highest BCUT2D eigenvalue weighted by Crippen LogP contribution is 2.16. The van der Waals surface area contributed by atoms with Gasteiger partial charge in [-0.1, -0.05) is 35.9 Å². The van der Waals surface area contributed by atoms with Gasteiger partial charge in [0.05, 0.1) is 0 Å². The highest BCUT2D eigenvalue weighted by atomic mass is 35.5. The summed E-state index contributed by atoms with van der Waals surface area (Å²) in [6, 6.07) is 14.2. The van der Waals surface area contributed by atoms with Crippen LogP contribution in [0.5, 0.6) is 0 Å². The van der Waals surface area contributed by atoms with E-state index >= 15 is 0 Å². The Morgan fingerprint density at radius 3 is 2.20 bits per heavy atom. The molecule has 1 atom stereocenters. The fourth-order valence-corrected chi connectivity index (χ4v) is 1.74. The molecule has 0 aliphatic rings. The van der Waals surface area contributed by atoms with Crippen LogP contribution in [0.1, 0.15) is 16.6 Å². The van der Waals surface area contributed by atoms with Crippen molar-refractivity contribution in [2.45, 2.75) is 12.4 Å². The van der Waals surface area contributed by atoms with E-state index in [1.165, 1.54) is 5.56 Å². The number of rotatable bonds is 2. The molecular formula is C13H13ClN+. The molecule has 0 saturated heterocycles. The first-order valence-electron chi connectivity index (χ1n) is 4.94. The number of aryl methyl sites for hydroxylation is 1. The summed E-state index contributed by atoms with van der Waals surface area (Å²) in [5.41, 5.74) is 2.23. The quantitative estimate of drug-likeness (QED) is 0.539. The molecule has 1 aromatic carbocycles. The van der Waals surface area contributed by atoms with Crippen molar-refractivity contribution in [1.29, 1.82) is 0 Å². The van der Waals surface area contributed by atoms with Crippen LogP contribution >= 0.6 is 11.6 Å². The Hall–Kier alpha value is -1.34. The number of hydrogen-bond acceptors (Lipinski definition) is 0. The Morgan fingerprint density at radius 1 is 1.00 bits per heavy atom. The zero-order valence-electron chi connectivity index (χ0n) is 8.60. The number of halogens is 1. The van der Waals surface area contributed by atoms with Crippen molar-refractivity contribution in [2.24, 2.45) is 0 Å². The third-order valence-electron chi connectivity index (χ3n) is 2.35. The lowest BCUT2D eigenvalue weighted by atomic mass is 10.1. The smallest absolute Gasteiger partial charge is 0.184 e. The summed E-state index contributed by atoms with van der Waals surface area (Å²) in [7, 11) is 0. The van der Waals surface area contributed by atoms with Crippen LogP contribution in [0.15, 0.2) is 54.9 Å². The van der Waals surface area contributed by atoms with E-state index in [1.807, 2.05) is 35.2 Å². The van der Waals surface area contributed by atoms with Crippen molar-refractivity contribution in [2.75, 3.05) is 0 Å². The first-order chi connectivity index (χ1) is 7.27. The largest absolute Gasteiger partial charge is 0.258 e. The summed E-state index contributed by atoms with van der Waals surface area (Å²) in [6.45, 7) is 2.07. The molecule has 0 amide bonds. The van der Waals surface area contributed by atoms with Crippen LogP contribution in [0.3, 0.4) is 0 Å². The van der Waals surface area contributed by atoms with E-state index in [4.69, 9.17) is 11.6 Å². The van der Waals surface area contributed by atoms with Crippen molar-refractivity contribution in [3.05, 3.63) is 66.0 Å². The van der Waals surface area contributed by atoms with E-state index in [0.29, 0.717) is 0 Å². The van der Waals surface area contributed by atoms with Crippen LogP contribution in [-0.4, -0.2) is 0 Å². The molecule has 2 heteroatoms. The van der Waals surface area contributed by atoms with Crippen molar-refractivity contribution in [1.82, 2.24) is 0 Å². The fraction of sp³-hybridized carbons (Fsp3) is 0.154. The molecule has 15 heavy (non-hydrogen) atoms. The molecule has 76 valence electrons. The molecule has 1 unspecified atom stereocenters. The molecule has 0 radical (unpaired) electrons. The van der Waals surface area contributed by atoms with Crippen LogP contribution in [-0.2, 0) is 0 Å². The number of hydrogen-bond donors (Lipinski definition) is 0.